The molecule has 0 atom stereocenters. The zero-order chi connectivity index (χ0) is 19.7. The van der Waals surface area contributed by atoms with Crippen LogP contribution in [0.25, 0.3) is 10.8 Å². The Balaban J connectivity index is 1.45. The summed E-state index contributed by atoms with van der Waals surface area (Å²) in [6.07, 6.45) is 2.20. The third kappa shape index (κ3) is 3.52. The molecule has 1 N–H and O–H groups in total. The number of aromatic nitrogens is 2. The molecule has 0 spiro atoms. The Morgan fingerprint density at radius 2 is 1.64 bits per heavy atom. The van der Waals surface area contributed by atoms with Crippen molar-refractivity contribution in [2.45, 2.75) is 12.8 Å². The second-order valence-electron chi connectivity index (χ2n) is 7.63. The van der Waals surface area contributed by atoms with E-state index in [1.807, 2.05) is 11.0 Å². The number of hydrogen-bond donors (Lipinski definition) is 1. The largest absolute Gasteiger partial charge is 0.338 e. The van der Waals surface area contributed by atoms with E-state index in [2.05, 4.69) is 5.10 Å². The fraction of sp³-hybridized carbons (Fsp3) is 0.500. The number of fused-ring (bicyclic) bond motifs is 1. The molecule has 1 aromatic heterocycles. The molecule has 148 valence electrons. The lowest BCUT2D eigenvalue weighted by atomic mass is 10.1. The molecule has 3 heterocycles. The van der Waals surface area contributed by atoms with Crippen LogP contribution in [-0.2, 0) is 11.8 Å². The molecule has 8 heteroatoms. The number of aryl methyl sites for hydroxylation is 1. The minimum atomic E-state index is -0.207. The van der Waals surface area contributed by atoms with Crippen molar-refractivity contribution in [3.05, 3.63) is 40.3 Å². The maximum atomic E-state index is 13.1. The third-order valence-corrected chi connectivity index (χ3v) is 5.78. The summed E-state index contributed by atoms with van der Waals surface area (Å²) in [6, 6.07) is 7.10. The van der Waals surface area contributed by atoms with Crippen LogP contribution in [0.15, 0.2) is 29.1 Å². The lowest BCUT2D eigenvalue weighted by Crippen LogP contribution is -3.15. The molecule has 1 aromatic carbocycles. The lowest BCUT2D eigenvalue weighted by molar-refractivity contribution is -0.896. The molecule has 2 fully saturated rings. The summed E-state index contributed by atoms with van der Waals surface area (Å²) >= 11 is 0. The van der Waals surface area contributed by atoms with E-state index in [1.165, 1.54) is 9.58 Å². The summed E-state index contributed by atoms with van der Waals surface area (Å²) in [5.41, 5.74) is 0.108. The minimum Gasteiger partial charge on any atom is -0.338 e. The molecule has 0 radical (unpaired) electrons. The van der Waals surface area contributed by atoms with Crippen molar-refractivity contribution in [2.24, 2.45) is 7.05 Å². The highest BCUT2D eigenvalue weighted by molar-refractivity contribution is 6.04. The maximum Gasteiger partial charge on any atom is 0.277 e. The molecular weight excluding hydrogens is 358 g/mol. The maximum absolute atomic E-state index is 13.1. The fourth-order valence-electron chi connectivity index (χ4n) is 4.10. The molecule has 2 aliphatic heterocycles. The Labute approximate surface area is 163 Å². The van der Waals surface area contributed by atoms with Crippen molar-refractivity contribution in [3.63, 3.8) is 0 Å². The van der Waals surface area contributed by atoms with Crippen LogP contribution in [0.2, 0.25) is 0 Å². The zero-order valence-electron chi connectivity index (χ0n) is 16.2. The van der Waals surface area contributed by atoms with Gasteiger partial charge in [0, 0.05) is 25.5 Å². The van der Waals surface area contributed by atoms with Crippen molar-refractivity contribution in [1.82, 2.24) is 19.6 Å². The first-order valence-corrected chi connectivity index (χ1v) is 9.91. The average Bonchev–Trinajstić information content (AvgIpc) is 3.26. The van der Waals surface area contributed by atoms with E-state index in [1.54, 1.807) is 30.1 Å². The van der Waals surface area contributed by atoms with Crippen LogP contribution in [0, 0.1) is 0 Å². The van der Waals surface area contributed by atoms with Gasteiger partial charge in [-0.1, -0.05) is 18.2 Å². The van der Waals surface area contributed by atoms with E-state index in [0.29, 0.717) is 36.1 Å². The molecule has 0 bridgehead atoms. The molecule has 2 aliphatic rings. The van der Waals surface area contributed by atoms with E-state index in [-0.39, 0.29) is 17.4 Å². The first-order valence-electron chi connectivity index (χ1n) is 9.91. The monoisotopic (exact) mass is 384 g/mol. The molecule has 4 rings (SSSR count). The van der Waals surface area contributed by atoms with Gasteiger partial charge < -0.3 is 14.7 Å². The van der Waals surface area contributed by atoms with Crippen molar-refractivity contribution >= 4 is 22.6 Å². The minimum absolute atomic E-state index is 0.156. The van der Waals surface area contributed by atoms with Crippen molar-refractivity contribution in [1.29, 1.82) is 0 Å². The predicted molar refractivity (Wildman–Crippen MR) is 104 cm³/mol. The number of piperazine rings is 1. The van der Waals surface area contributed by atoms with Crippen molar-refractivity contribution in [2.75, 3.05) is 45.8 Å². The van der Waals surface area contributed by atoms with E-state index in [9.17, 15) is 14.4 Å². The van der Waals surface area contributed by atoms with Gasteiger partial charge in [0.15, 0.2) is 12.2 Å². The summed E-state index contributed by atoms with van der Waals surface area (Å²) in [4.78, 5) is 42.6. The van der Waals surface area contributed by atoms with Crippen LogP contribution >= 0.6 is 0 Å². The fourth-order valence-corrected chi connectivity index (χ4v) is 4.10. The number of nitrogens with zero attached hydrogens (tertiary/aromatic N) is 4. The molecule has 2 saturated heterocycles. The second kappa shape index (κ2) is 7.71. The molecule has 2 amide bonds. The van der Waals surface area contributed by atoms with Crippen LogP contribution in [0.5, 0.6) is 0 Å². The highest BCUT2D eigenvalue weighted by Gasteiger charge is 2.29. The number of quaternary nitrogens is 1. The third-order valence-electron chi connectivity index (χ3n) is 5.78. The Morgan fingerprint density at radius 1 is 1.00 bits per heavy atom. The highest BCUT2D eigenvalue weighted by Crippen LogP contribution is 2.15. The first-order chi connectivity index (χ1) is 13.5. The number of carbonyl (C=O) groups excluding carboxylic acids is 2. The molecule has 0 aliphatic carbocycles. The van der Waals surface area contributed by atoms with Gasteiger partial charge in [-0.15, -0.1) is 0 Å². The van der Waals surface area contributed by atoms with Crippen LogP contribution in [-0.4, -0.2) is 77.2 Å². The van der Waals surface area contributed by atoms with Gasteiger partial charge in [-0.3, -0.25) is 14.4 Å². The smallest absolute Gasteiger partial charge is 0.277 e. The van der Waals surface area contributed by atoms with Gasteiger partial charge in [0.1, 0.15) is 0 Å². The summed E-state index contributed by atoms with van der Waals surface area (Å²) in [5.74, 6) is 0.0646. The number of nitrogens with one attached hydrogen (secondary N) is 1. The molecular formula is C20H26N5O3+. The number of rotatable bonds is 3. The van der Waals surface area contributed by atoms with Gasteiger partial charge in [-0.05, 0) is 18.9 Å². The molecule has 0 saturated carbocycles. The van der Waals surface area contributed by atoms with E-state index in [0.717, 1.165) is 39.0 Å². The Morgan fingerprint density at radius 3 is 2.32 bits per heavy atom. The lowest BCUT2D eigenvalue weighted by Gasteiger charge is -2.32. The Kier molecular flexibility index (Phi) is 5.13. The van der Waals surface area contributed by atoms with Gasteiger partial charge >= 0.3 is 0 Å². The molecule has 8 nitrogen and oxygen atoms in total. The first kappa shape index (κ1) is 18.6. The Bertz CT molecular complexity index is 956. The normalized spacial score (nSPS) is 18.0. The number of amides is 2. The SMILES string of the molecule is Cn1nc(C(=O)N2CC[NH+](CC(=O)N3CCCC3)CC2)c2ccccc2c1=O. The quantitative estimate of drug-likeness (QED) is 0.728. The van der Waals surface area contributed by atoms with E-state index < -0.39 is 0 Å². The van der Waals surface area contributed by atoms with Crippen LogP contribution in [0.4, 0.5) is 0 Å². The second-order valence-corrected chi connectivity index (χ2v) is 7.63. The number of hydrogen-bond acceptors (Lipinski definition) is 4. The topological polar surface area (TPSA) is 80.0 Å². The molecule has 0 unspecified atom stereocenters. The van der Waals surface area contributed by atoms with Crippen molar-refractivity contribution in [3.8, 4) is 0 Å². The Hall–Kier alpha value is -2.74. The van der Waals surface area contributed by atoms with E-state index >= 15 is 0 Å². The average molecular weight is 384 g/mol. The van der Waals surface area contributed by atoms with E-state index in [4.69, 9.17) is 0 Å². The molecule has 2 aromatic rings. The summed E-state index contributed by atoms with van der Waals surface area (Å²) in [6.45, 7) is 4.91. The number of likely N-dealkylation sites (tertiary alicyclic amines) is 1. The van der Waals surface area contributed by atoms with Gasteiger partial charge in [-0.25, -0.2) is 4.68 Å². The van der Waals surface area contributed by atoms with Crippen LogP contribution in [0.1, 0.15) is 23.3 Å². The predicted octanol–water partition coefficient (Wildman–Crippen LogP) is -1.10. The summed E-state index contributed by atoms with van der Waals surface area (Å²) in [5, 5.41) is 5.34. The number of carbonyl (C=O) groups is 2. The number of benzene rings is 1. The highest BCUT2D eigenvalue weighted by atomic mass is 16.2. The summed E-state index contributed by atoms with van der Waals surface area (Å²) in [7, 11) is 1.57. The van der Waals surface area contributed by atoms with Gasteiger partial charge in [0.2, 0.25) is 0 Å². The van der Waals surface area contributed by atoms with Crippen LogP contribution < -0.4 is 10.5 Å². The van der Waals surface area contributed by atoms with Crippen molar-refractivity contribution < 1.29 is 14.5 Å². The zero-order valence-corrected chi connectivity index (χ0v) is 16.2. The standard InChI is InChI=1S/C20H25N5O3/c1-22-19(27)16-7-3-2-6-15(16)18(21-22)20(28)25-12-10-23(11-13-25)14-17(26)24-8-4-5-9-24/h2-3,6-7H,4-5,8-14H2,1H3/p+1. The van der Waals surface area contributed by atoms with Gasteiger partial charge in [0.05, 0.1) is 31.6 Å². The molecule has 28 heavy (non-hydrogen) atoms. The van der Waals surface area contributed by atoms with Gasteiger partial charge in [0.25, 0.3) is 17.4 Å². The summed E-state index contributed by atoms with van der Waals surface area (Å²) < 4.78 is 1.23. The van der Waals surface area contributed by atoms with Gasteiger partial charge in [-0.2, -0.15) is 5.10 Å². The van der Waals surface area contributed by atoms with Crippen LogP contribution in [0.3, 0.4) is 0 Å².